The van der Waals surface area contributed by atoms with Crippen molar-refractivity contribution in [3.63, 3.8) is 0 Å². The third-order valence-electron chi connectivity index (χ3n) is 6.98. The van der Waals surface area contributed by atoms with E-state index in [4.69, 9.17) is 0 Å². The minimum Gasteiger partial charge on any atom is -0.478 e. The van der Waals surface area contributed by atoms with E-state index in [0.717, 1.165) is 29.5 Å². The summed E-state index contributed by atoms with van der Waals surface area (Å²) in [7, 11) is 0. The Bertz CT molecular complexity index is 1160. The second-order valence-corrected chi connectivity index (χ2v) is 9.99. The van der Waals surface area contributed by atoms with Gasteiger partial charge < -0.3 is 10.2 Å². The molecule has 3 rings (SSSR count). The maximum absolute atomic E-state index is 11.7. The van der Waals surface area contributed by atoms with Crippen molar-refractivity contribution in [2.24, 2.45) is 0 Å². The van der Waals surface area contributed by atoms with Gasteiger partial charge in [0.1, 0.15) is 0 Å². The molecule has 38 heavy (non-hydrogen) atoms. The molecule has 200 valence electrons. The number of benzene rings is 3. The van der Waals surface area contributed by atoms with Crippen LogP contribution in [-0.2, 0) is 12.8 Å². The molecular weight excluding hydrogens is 472 g/mol. The third kappa shape index (κ3) is 8.44. The Balaban J connectivity index is 1.94. The Morgan fingerprint density at radius 3 is 1.50 bits per heavy atom. The van der Waals surface area contributed by atoms with Crippen LogP contribution < -0.4 is 0 Å². The first-order valence-electron chi connectivity index (χ1n) is 13.9. The number of rotatable bonds is 15. The summed E-state index contributed by atoms with van der Waals surface area (Å²) in [5.41, 5.74) is 5.89. The first-order valence-corrected chi connectivity index (χ1v) is 13.9. The van der Waals surface area contributed by atoms with E-state index < -0.39 is 11.9 Å². The molecule has 0 aliphatic carbocycles. The fourth-order valence-corrected chi connectivity index (χ4v) is 4.73. The van der Waals surface area contributed by atoms with Crippen LogP contribution in [0.25, 0.3) is 11.6 Å². The largest absolute Gasteiger partial charge is 0.478 e. The second kappa shape index (κ2) is 14.9. The molecule has 3 aromatic rings. The van der Waals surface area contributed by atoms with E-state index in [1.165, 1.54) is 74.6 Å². The van der Waals surface area contributed by atoms with Crippen LogP contribution in [0, 0.1) is 0 Å². The normalized spacial score (nSPS) is 10.8. The fraction of sp³-hybridized carbons (Fsp3) is 0.353. The van der Waals surface area contributed by atoms with Gasteiger partial charge in [-0.2, -0.15) is 0 Å². The predicted octanol–water partition coefficient (Wildman–Crippen LogP) is 8.92. The van der Waals surface area contributed by atoms with E-state index in [0.29, 0.717) is 5.56 Å². The van der Waals surface area contributed by atoms with E-state index in [1.54, 1.807) is 6.07 Å². The van der Waals surface area contributed by atoms with Gasteiger partial charge in [0, 0.05) is 0 Å². The molecule has 0 spiro atoms. The van der Waals surface area contributed by atoms with Crippen LogP contribution in [-0.4, -0.2) is 22.2 Å². The summed E-state index contributed by atoms with van der Waals surface area (Å²) in [5, 5.41) is 19.0. The van der Waals surface area contributed by atoms with Crippen LogP contribution in [0.3, 0.4) is 0 Å². The molecule has 0 aliphatic rings. The van der Waals surface area contributed by atoms with E-state index >= 15 is 0 Å². The lowest BCUT2D eigenvalue weighted by molar-refractivity contribution is 0.0651. The lowest BCUT2D eigenvalue weighted by atomic mass is 9.92. The first-order chi connectivity index (χ1) is 18.4. The van der Waals surface area contributed by atoms with Crippen LogP contribution in [0.1, 0.15) is 114 Å². The summed E-state index contributed by atoms with van der Waals surface area (Å²) >= 11 is 0. The Morgan fingerprint density at radius 2 is 1.08 bits per heavy atom. The molecule has 2 N–H and O–H groups in total. The number of carbonyl (C=O) groups is 2. The average Bonchev–Trinajstić information content (AvgIpc) is 2.93. The van der Waals surface area contributed by atoms with Crippen molar-refractivity contribution >= 4 is 23.6 Å². The highest BCUT2D eigenvalue weighted by molar-refractivity contribution is 6.02. The maximum atomic E-state index is 11.7. The molecule has 3 aromatic carbocycles. The molecule has 0 saturated heterocycles. The van der Waals surface area contributed by atoms with Crippen molar-refractivity contribution in [2.75, 3.05) is 0 Å². The number of unbranched alkanes of at least 4 members (excludes halogenated alkanes) is 6. The minimum absolute atomic E-state index is 0.212. The van der Waals surface area contributed by atoms with Crippen molar-refractivity contribution in [1.29, 1.82) is 0 Å². The summed E-state index contributed by atoms with van der Waals surface area (Å²) in [6, 6.07) is 21.7. The van der Waals surface area contributed by atoms with Gasteiger partial charge in [-0.05, 0) is 77.3 Å². The van der Waals surface area contributed by atoms with Gasteiger partial charge in [-0.3, -0.25) is 0 Å². The zero-order valence-corrected chi connectivity index (χ0v) is 22.7. The van der Waals surface area contributed by atoms with Crippen molar-refractivity contribution in [2.45, 2.75) is 78.1 Å². The van der Waals surface area contributed by atoms with E-state index in [2.05, 4.69) is 62.4 Å². The Morgan fingerprint density at radius 1 is 0.605 bits per heavy atom. The van der Waals surface area contributed by atoms with E-state index in [-0.39, 0.29) is 11.1 Å². The van der Waals surface area contributed by atoms with Gasteiger partial charge in [0.05, 0.1) is 11.1 Å². The lowest BCUT2D eigenvalue weighted by Crippen LogP contribution is -2.08. The van der Waals surface area contributed by atoms with Gasteiger partial charge in [0.15, 0.2) is 0 Å². The fourth-order valence-electron chi connectivity index (χ4n) is 4.73. The summed E-state index contributed by atoms with van der Waals surface area (Å²) in [6.45, 7) is 4.44. The quantitative estimate of drug-likeness (QED) is 0.157. The molecule has 0 aliphatic heterocycles. The summed E-state index contributed by atoms with van der Waals surface area (Å²) in [4.78, 5) is 23.3. The van der Waals surface area contributed by atoms with Crippen molar-refractivity contribution in [3.05, 3.63) is 106 Å². The van der Waals surface area contributed by atoms with Crippen LogP contribution >= 0.6 is 0 Å². The molecule has 4 nitrogen and oxygen atoms in total. The Labute approximate surface area is 227 Å². The zero-order chi connectivity index (χ0) is 27.3. The minimum atomic E-state index is -1.25. The molecule has 0 unspecified atom stereocenters. The zero-order valence-electron chi connectivity index (χ0n) is 22.7. The molecule has 4 heteroatoms. The molecule has 0 bridgehead atoms. The topological polar surface area (TPSA) is 74.6 Å². The van der Waals surface area contributed by atoms with Crippen LogP contribution in [0.4, 0.5) is 0 Å². The molecule has 0 radical (unpaired) electrons. The predicted molar refractivity (Wildman–Crippen MR) is 156 cm³/mol. The highest BCUT2D eigenvalue weighted by Crippen LogP contribution is 2.28. The average molecular weight is 513 g/mol. The highest BCUT2D eigenvalue weighted by atomic mass is 16.4. The number of hydrogen-bond acceptors (Lipinski definition) is 2. The monoisotopic (exact) mass is 512 g/mol. The molecule has 0 atom stereocenters. The molecule has 0 amide bonds. The number of hydrogen-bond donors (Lipinski definition) is 2. The molecular formula is C34H40O4. The molecule has 0 heterocycles. The number of aryl methyl sites for hydroxylation is 2. The van der Waals surface area contributed by atoms with Gasteiger partial charge in [-0.25, -0.2) is 9.59 Å². The van der Waals surface area contributed by atoms with Crippen molar-refractivity contribution < 1.29 is 19.8 Å². The number of carboxylic acid groups (broad SMARTS) is 2. The van der Waals surface area contributed by atoms with Gasteiger partial charge in [-0.1, -0.05) is 107 Å². The van der Waals surface area contributed by atoms with Gasteiger partial charge in [0.25, 0.3) is 0 Å². The smallest absolute Gasteiger partial charge is 0.336 e. The van der Waals surface area contributed by atoms with Crippen molar-refractivity contribution in [3.8, 4) is 0 Å². The van der Waals surface area contributed by atoms with Gasteiger partial charge in [-0.15, -0.1) is 0 Å². The number of carboxylic acids is 2. The van der Waals surface area contributed by atoms with Gasteiger partial charge in [0.2, 0.25) is 0 Å². The van der Waals surface area contributed by atoms with E-state index in [9.17, 15) is 19.8 Å². The molecule has 0 fully saturated rings. The Kier molecular flexibility index (Phi) is 11.4. The summed E-state index contributed by atoms with van der Waals surface area (Å²) in [5.74, 6) is -2.50. The second-order valence-electron chi connectivity index (χ2n) is 9.99. The summed E-state index contributed by atoms with van der Waals surface area (Å²) in [6.07, 6.45) is 13.9. The SMILES string of the molecule is CCCCCCc1ccc(C(=Cc2ccc(C(=O)O)c(C(=O)O)c2)c2ccc(CCCCCC)cc2)cc1. The van der Waals surface area contributed by atoms with Crippen LogP contribution in [0.5, 0.6) is 0 Å². The molecule has 0 aromatic heterocycles. The standard InChI is InChI=1S/C34H40O4/c1-3-5-7-9-11-25-13-18-28(19-14-25)31(29-20-15-26(16-21-29)12-10-8-6-4-2)23-27-17-22-30(33(35)36)32(24-27)34(37)38/h13-24H,3-12H2,1-2H3,(H,35,36)(H,37,38). The summed E-state index contributed by atoms with van der Waals surface area (Å²) < 4.78 is 0. The maximum Gasteiger partial charge on any atom is 0.336 e. The third-order valence-corrected chi connectivity index (χ3v) is 6.98. The van der Waals surface area contributed by atoms with Crippen LogP contribution in [0.2, 0.25) is 0 Å². The van der Waals surface area contributed by atoms with Crippen LogP contribution in [0.15, 0.2) is 66.7 Å². The lowest BCUT2D eigenvalue weighted by Gasteiger charge is -2.12. The van der Waals surface area contributed by atoms with Crippen molar-refractivity contribution in [1.82, 2.24) is 0 Å². The Hall–Kier alpha value is -3.66. The van der Waals surface area contributed by atoms with Gasteiger partial charge >= 0.3 is 11.9 Å². The first kappa shape index (κ1) is 28.9. The van der Waals surface area contributed by atoms with E-state index in [1.807, 2.05) is 6.08 Å². The molecule has 0 saturated carbocycles. The highest BCUT2D eigenvalue weighted by Gasteiger charge is 2.16. The number of aromatic carboxylic acids is 2.